The molecule has 0 bridgehead atoms. The predicted octanol–water partition coefficient (Wildman–Crippen LogP) is 3.47. The molecule has 2 aromatic heterocycles. The second kappa shape index (κ2) is 7.65. The van der Waals surface area contributed by atoms with Crippen molar-refractivity contribution in [3.8, 4) is 0 Å². The molecule has 2 N–H and O–H groups in total. The van der Waals surface area contributed by atoms with Crippen molar-refractivity contribution in [1.29, 1.82) is 0 Å². The first kappa shape index (κ1) is 17.4. The second-order valence-corrected chi connectivity index (χ2v) is 5.96. The lowest BCUT2D eigenvalue weighted by atomic mass is 10.1. The summed E-state index contributed by atoms with van der Waals surface area (Å²) in [5.41, 5.74) is 3.30. The van der Waals surface area contributed by atoms with Gasteiger partial charge < -0.3 is 15.1 Å². The molecule has 0 saturated heterocycles. The van der Waals surface area contributed by atoms with Gasteiger partial charge in [-0.1, -0.05) is 12.1 Å². The summed E-state index contributed by atoms with van der Waals surface area (Å²) in [5, 5.41) is 5.58. The number of hydrogen-bond acceptors (Lipinski definition) is 4. The maximum absolute atomic E-state index is 12.5. The summed E-state index contributed by atoms with van der Waals surface area (Å²) >= 11 is 0. The minimum Gasteiger partial charge on any atom is -0.467 e. The summed E-state index contributed by atoms with van der Waals surface area (Å²) in [7, 11) is 0. The van der Waals surface area contributed by atoms with Crippen molar-refractivity contribution in [3.05, 3.63) is 83.1 Å². The largest absolute Gasteiger partial charge is 0.467 e. The van der Waals surface area contributed by atoms with E-state index >= 15 is 0 Å². The van der Waals surface area contributed by atoms with Crippen molar-refractivity contribution in [2.24, 2.45) is 0 Å². The molecule has 2 heterocycles. The third-order valence-corrected chi connectivity index (χ3v) is 3.90. The average Bonchev–Trinajstić information content (AvgIpc) is 3.16. The number of nitrogens with zero attached hydrogens (tertiary/aromatic N) is 1. The number of carbonyl (C=O) groups excluding carboxylic acids is 2. The first-order valence-electron chi connectivity index (χ1n) is 8.18. The summed E-state index contributed by atoms with van der Waals surface area (Å²) in [5.74, 6) is -0.0221. The molecule has 0 spiro atoms. The Kier molecular flexibility index (Phi) is 5.12. The van der Waals surface area contributed by atoms with Gasteiger partial charge in [0.2, 0.25) is 0 Å². The van der Waals surface area contributed by atoms with Crippen LogP contribution in [0, 0.1) is 13.8 Å². The standard InChI is InChI=1S/C20H19N3O3/c1-13-5-6-14(2)17(10-13)23-19(24)15-7-8-21-18(11-15)20(25)22-12-16-4-3-9-26-16/h3-11H,12H2,1-2H3,(H,22,25)(H,23,24). The number of nitrogens with one attached hydrogen (secondary N) is 2. The SMILES string of the molecule is Cc1ccc(C)c(NC(=O)c2ccnc(C(=O)NCc3ccco3)c2)c1. The Bertz CT molecular complexity index is 933. The number of carbonyl (C=O) groups is 2. The fourth-order valence-electron chi connectivity index (χ4n) is 2.43. The first-order chi connectivity index (χ1) is 12.5. The molecule has 6 nitrogen and oxygen atoms in total. The fourth-order valence-corrected chi connectivity index (χ4v) is 2.43. The highest BCUT2D eigenvalue weighted by molar-refractivity contribution is 6.06. The molecule has 0 aliphatic carbocycles. The summed E-state index contributed by atoms with van der Waals surface area (Å²) in [6.07, 6.45) is 2.98. The predicted molar refractivity (Wildman–Crippen MR) is 98.0 cm³/mol. The number of rotatable bonds is 5. The Hall–Kier alpha value is -3.41. The molecular formula is C20H19N3O3. The van der Waals surface area contributed by atoms with Gasteiger partial charge in [-0.25, -0.2) is 0 Å². The lowest BCUT2D eigenvalue weighted by Crippen LogP contribution is -2.24. The highest BCUT2D eigenvalue weighted by atomic mass is 16.3. The number of furan rings is 1. The van der Waals surface area contributed by atoms with Gasteiger partial charge in [0.1, 0.15) is 11.5 Å². The normalized spacial score (nSPS) is 10.4. The van der Waals surface area contributed by atoms with Crippen molar-refractivity contribution in [2.75, 3.05) is 5.32 Å². The Morgan fingerprint density at radius 3 is 2.69 bits per heavy atom. The van der Waals surface area contributed by atoms with Crippen LogP contribution in [0.5, 0.6) is 0 Å². The van der Waals surface area contributed by atoms with Gasteiger partial charge in [-0.3, -0.25) is 14.6 Å². The van der Waals surface area contributed by atoms with Crippen LogP contribution in [0.15, 0.2) is 59.3 Å². The van der Waals surface area contributed by atoms with Crippen LogP contribution in [0.2, 0.25) is 0 Å². The van der Waals surface area contributed by atoms with Crippen molar-refractivity contribution in [2.45, 2.75) is 20.4 Å². The molecule has 6 heteroatoms. The topological polar surface area (TPSA) is 84.2 Å². The van der Waals surface area contributed by atoms with E-state index in [0.29, 0.717) is 11.3 Å². The minimum absolute atomic E-state index is 0.171. The van der Waals surface area contributed by atoms with E-state index < -0.39 is 0 Å². The van der Waals surface area contributed by atoms with Crippen LogP contribution in [0.1, 0.15) is 37.7 Å². The number of benzene rings is 1. The van der Waals surface area contributed by atoms with Gasteiger partial charge in [0.15, 0.2) is 0 Å². The van der Waals surface area contributed by atoms with E-state index in [-0.39, 0.29) is 24.1 Å². The zero-order valence-corrected chi connectivity index (χ0v) is 14.6. The van der Waals surface area contributed by atoms with Crippen molar-refractivity contribution in [1.82, 2.24) is 10.3 Å². The van der Waals surface area contributed by atoms with Gasteiger partial charge >= 0.3 is 0 Å². The summed E-state index contributed by atoms with van der Waals surface area (Å²) in [4.78, 5) is 28.8. The van der Waals surface area contributed by atoms with E-state index in [9.17, 15) is 9.59 Å². The first-order valence-corrected chi connectivity index (χ1v) is 8.18. The molecule has 26 heavy (non-hydrogen) atoms. The molecule has 3 aromatic rings. The third-order valence-electron chi connectivity index (χ3n) is 3.90. The van der Waals surface area contributed by atoms with E-state index in [1.165, 1.54) is 18.5 Å². The van der Waals surface area contributed by atoms with E-state index in [4.69, 9.17) is 4.42 Å². The van der Waals surface area contributed by atoms with Crippen LogP contribution in [0.25, 0.3) is 0 Å². The molecule has 0 saturated carbocycles. The summed E-state index contributed by atoms with van der Waals surface area (Å²) < 4.78 is 5.17. The lowest BCUT2D eigenvalue weighted by Gasteiger charge is -2.10. The lowest BCUT2D eigenvalue weighted by molar-refractivity contribution is 0.0943. The highest BCUT2D eigenvalue weighted by Gasteiger charge is 2.13. The van der Waals surface area contributed by atoms with Crippen LogP contribution in [-0.2, 0) is 6.54 Å². The molecule has 0 radical (unpaired) electrons. The molecule has 0 fully saturated rings. The molecule has 1 aromatic carbocycles. The van der Waals surface area contributed by atoms with Crippen molar-refractivity contribution in [3.63, 3.8) is 0 Å². The van der Waals surface area contributed by atoms with E-state index in [2.05, 4.69) is 15.6 Å². The zero-order chi connectivity index (χ0) is 18.5. The Labute approximate surface area is 151 Å². The Morgan fingerprint density at radius 2 is 1.92 bits per heavy atom. The van der Waals surface area contributed by atoms with Gasteiger partial charge in [0.25, 0.3) is 11.8 Å². The molecule has 2 amide bonds. The monoisotopic (exact) mass is 349 g/mol. The number of aromatic nitrogens is 1. The van der Waals surface area contributed by atoms with Crippen LogP contribution in [0.4, 0.5) is 5.69 Å². The number of amides is 2. The van der Waals surface area contributed by atoms with Crippen LogP contribution in [-0.4, -0.2) is 16.8 Å². The van der Waals surface area contributed by atoms with Crippen LogP contribution < -0.4 is 10.6 Å². The molecular weight excluding hydrogens is 330 g/mol. The van der Waals surface area contributed by atoms with Crippen LogP contribution in [0.3, 0.4) is 0 Å². The van der Waals surface area contributed by atoms with E-state index in [1.807, 2.05) is 32.0 Å². The van der Waals surface area contributed by atoms with Crippen molar-refractivity contribution < 1.29 is 14.0 Å². The highest BCUT2D eigenvalue weighted by Crippen LogP contribution is 2.17. The van der Waals surface area contributed by atoms with Gasteiger partial charge in [-0.05, 0) is 55.3 Å². The van der Waals surface area contributed by atoms with Gasteiger partial charge in [0.05, 0.1) is 12.8 Å². The molecule has 0 atom stereocenters. The third kappa shape index (κ3) is 4.16. The molecule has 132 valence electrons. The maximum Gasteiger partial charge on any atom is 0.270 e. The van der Waals surface area contributed by atoms with Gasteiger partial charge in [0, 0.05) is 17.4 Å². The summed E-state index contributed by atoms with van der Waals surface area (Å²) in [6, 6.07) is 12.4. The van der Waals surface area contributed by atoms with E-state index in [1.54, 1.807) is 18.2 Å². The molecule has 0 aliphatic rings. The van der Waals surface area contributed by atoms with Crippen LogP contribution >= 0.6 is 0 Å². The molecule has 0 unspecified atom stereocenters. The second-order valence-electron chi connectivity index (χ2n) is 5.96. The molecule has 3 rings (SSSR count). The quantitative estimate of drug-likeness (QED) is 0.739. The number of aryl methyl sites for hydroxylation is 2. The number of hydrogen-bond donors (Lipinski definition) is 2. The van der Waals surface area contributed by atoms with Gasteiger partial charge in [-0.15, -0.1) is 0 Å². The number of anilines is 1. The van der Waals surface area contributed by atoms with Gasteiger partial charge in [-0.2, -0.15) is 0 Å². The average molecular weight is 349 g/mol. The molecule has 0 aliphatic heterocycles. The fraction of sp³-hybridized carbons (Fsp3) is 0.150. The maximum atomic E-state index is 12.5. The zero-order valence-electron chi connectivity index (χ0n) is 14.6. The summed E-state index contributed by atoms with van der Waals surface area (Å²) in [6.45, 7) is 4.14. The number of pyridine rings is 1. The smallest absolute Gasteiger partial charge is 0.270 e. The van der Waals surface area contributed by atoms with E-state index in [0.717, 1.165) is 16.8 Å². The van der Waals surface area contributed by atoms with Crippen molar-refractivity contribution >= 4 is 17.5 Å². The minimum atomic E-state index is -0.372. The Balaban J connectivity index is 1.70. The Morgan fingerprint density at radius 1 is 1.08 bits per heavy atom.